The molecule has 0 spiro atoms. The summed E-state index contributed by atoms with van der Waals surface area (Å²) in [5.74, 6) is -1.87. The van der Waals surface area contributed by atoms with Crippen molar-refractivity contribution in [1.82, 2.24) is 5.16 Å². The second-order valence-corrected chi connectivity index (χ2v) is 6.05. The van der Waals surface area contributed by atoms with Crippen LogP contribution in [0.1, 0.15) is 5.69 Å². The highest BCUT2D eigenvalue weighted by molar-refractivity contribution is 9.10. The number of ether oxygens (including phenoxy) is 1. The molecule has 6 nitrogen and oxygen atoms in total. The van der Waals surface area contributed by atoms with Crippen molar-refractivity contribution in [3.8, 4) is 0 Å². The Morgan fingerprint density at radius 1 is 1.24 bits per heavy atom. The third kappa shape index (κ3) is 4.21. The van der Waals surface area contributed by atoms with Crippen molar-refractivity contribution in [1.29, 1.82) is 0 Å². The van der Waals surface area contributed by atoms with E-state index in [0.717, 1.165) is 0 Å². The van der Waals surface area contributed by atoms with Crippen LogP contribution in [0.2, 0.25) is 0 Å². The molecule has 0 aliphatic heterocycles. The molecule has 1 N–H and O–H groups in total. The fourth-order valence-corrected chi connectivity index (χ4v) is 2.51. The molecule has 8 heteroatoms. The Bertz CT molecular complexity index is 941. The number of halogens is 2. The summed E-state index contributed by atoms with van der Waals surface area (Å²) in [6.45, 7) is -0.524. The van der Waals surface area contributed by atoms with Gasteiger partial charge in [0.25, 0.3) is 5.91 Å². The summed E-state index contributed by atoms with van der Waals surface area (Å²) >= 11 is 3.12. The number of carbonyl (C=O) groups is 2. The molecule has 3 rings (SSSR count). The first-order chi connectivity index (χ1) is 12.0. The fraction of sp³-hybridized carbons (Fsp3) is 0.118. The summed E-state index contributed by atoms with van der Waals surface area (Å²) in [7, 11) is 0. The maximum atomic E-state index is 13.6. The van der Waals surface area contributed by atoms with Gasteiger partial charge in [0.05, 0.1) is 12.1 Å². The highest BCUT2D eigenvalue weighted by atomic mass is 79.9. The van der Waals surface area contributed by atoms with E-state index in [9.17, 15) is 14.0 Å². The highest BCUT2D eigenvalue weighted by Gasteiger charge is 2.15. The minimum Gasteiger partial charge on any atom is -0.455 e. The molecule has 0 bridgehead atoms. The van der Waals surface area contributed by atoms with E-state index in [4.69, 9.17) is 9.26 Å². The monoisotopic (exact) mass is 406 g/mol. The van der Waals surface area contributed by atoms with Crippen molar-refractivity contribution in [3.63, 3.8) is 0 Å². The van der Waals surface area contributed by atoms with Gasteiger partial charge >= 0.3 is 5.97 Å². The van der Waals surface area contributed by atoms with Crippen molar-refractivity contribution in [2.24, 2.45) is 0 Å². The molecule has 0 fully saturated rings. The van der Waals surface area contributed by atoms with Crippen molar-refractivity contribution >= 4 is 44.5 Å². The molecular formula is C17H12BrFN2O4. The molecule has 1 aromatic heterocycles. The summed E-state index contributed by atoms with van der Waals surface area (Å²) in [6.07, 6.45) is -0.128. The lowest BCUT2D eigenvalue weighted by atomic mass is 10.2. The van der Waals surface area contributed by atoms with E-state index >= 15 is 0 Å². The van der Waals surface area contributed by atoms with Gasteiger partial charge in [0.1, 0.15) is 11.5 Å². The summed E-state index contributed by atoms with van der Waals surface area (Å²) < 4.78 is 24.2. The zero-order valence-electron chi connectivity index (χ0n) is 12.8. The minimum absolute atomic E-state index is 0.00624. The van der Waals surface area contributed by atoms with E-state index in [1.54, 1.807) is 30.3 Å². The molecular weight excluding hydrogens is 395 g/mol. The summed E-state index contributed by atoms with van der Waals surface area (Å²) in [6, 6.07) is 11.3. The quantitative estimate of drug-likeness (QED) is 0.656. The smallest absolute Gasteiger partial charge is 0.312 e. The number of fused-ring (bicyclic) bond motifs is 1. The average Bonchev–Trinajstić information content (AvgIpc) is 2.99. The Morgan fingerprint density at radius 3 is 2.84 bits per heavy atom. The van der Waals surface area contributed by atoms with E-state index < -0.39 is 24.3 Å². The van der Waals surface area contributed by atoms with Crippen LogP contribution in [0.25, 0.3) is 11.0 Å². The van der Waals surface area contributed by atoms with Crippen LogP contribution in [0.4, 0.5) is 10.1 Å². The normalized spacial score (nSPS) is 10.6. The third-order valence-electron chi connectivity index (χ3n) is 3.33. The number of esters is 1. The standard InChI is InChI=1S/C17H12BrFN2O4/c18-10-5-6-13(12(19)7-10)20-16(22)9-24-17(23)8-14-11-3-1-2-4-15(11)25-21-14/h1-7H,8-9H2,(H,20,22). The second kappa shape index (κ2) is 7.43. The Morgan fingerprint density at radius 2 is 2.04 bits per heavy atom. The molecule has 128 valence electrons. The first-order valence-corrected chi connectivity index (χ1v) is 8.06. The SMILES string of the molecule is O=C(COC(=O)Cc1noc2ccccc12)Nc1ccc(Br)cc1F. The number of carbonyl (C=O) groups excluding carboxylic acids is 2. The highest BCUT2D eigenvalue weighted by Crippen LogP contribution is 2.20. The van der Waals surface area contributed by atoms with Crippen molar-refractivity contribution in [2.75, 3.05) is 11.9 Å². The maximum absolute atomic E-state index is 13.6. The van der Waals surface area contributed by atoms with Crippen LogP contribution in [0.15, 0.2) is 51.5 Å². The lowest BCUT2D eigenvalue weighted by Crippen LogP contribution is -2.22. The molecule has 0 atom stereocenters. The lowest BCUT2D eigenvalue weighted by molar-refractivity contribution is -0.146. The first-order valence-electron chi connectivity index (χ1n) is 7.27. The van der Waals surface area contributed by atoms with E-state index in [1.807, 2.05) is 0 Å². The molecule has 0 radical (unpaired) electrons. The Balaban J connectivity index is 1.54. The predicted molar refractivity (Wildman–Crippen MR) is 91.4 cm³/mol. The lowest BCUT2D eigenvalue weighted by Gasteiger charge is -2.07. The van der Waals surface area contributed by atoms with Gasteiger partial charge in [0.2, 0.25) is 0 Å². The Hall–Kier alpha value is -2.74. The second-order valence-electron chi connectivity index (χ2n) is 5.14. The number of para-hydroxylation sites is 1. The zero-order chi connectivity index (χ0) is 17.8. The van der Waals surface area contributed by atoms with Crippen molar-refractivity contribution in [3.05, 3.63) is 58.4 Å². The molecule has 2 aromatic carbocycles. The van der Waals surface area contributed by atoms with Crippen molar-refractivity contribution in [2.45, 2.75) is 6.42 Å². The van der Waals surface area contributed by atoms with Crippen LogP contribution in [-0.2, 0) is 20.7 Å². The van der Waals surface area contributed by atoms with E-state index in [1.165, 1.54) is 12.1 Å². The zero-order valence-corrected chi connectivity index (χ0v) is 14.4. The van der Waals surface area contributed by atoms with Crippen LogP contribution < -0.4 is 5.32 Å². The van der Waals surface area contributed by atoms with Gasteiger partial charge in [0, 0.05) is 9.86 Å². The molecule has 1 amide bonds. The molecule has 25 heavy (non-hydrogen) atoms. The van der Waals surface area contributed by atoms with Gasteiger partial charge in [-0.3, -0.25) is 9.59 Å². The Labute approximate surface area is 150 Å². The van der Waals surface area contributed by atoms with Gasteiger partial charge in [0.15, 0.2) is 12.2 Å². The predicted octanol–water partition coefficient (Wildman–Crippen LogP) is 3.45. The number of amides is 1. The molecule has 0 unspecified atom stereocenters. The number of nitrogens with one attached hydrogen (secondary N) is 1. The largest absolute Gasteiger partial charge is 0.455 e. The van der Waals surface area contributed by atoms with Crippen LogP contribution in [0.3, 0.4) is 0 Å². The van der Waals surface area contributed by atoms with Crippen molar-refractivity contribution < 1.29 is 23.2 Å². The maximum Gasteiger partial charge on any atom is 0.312 e. The van der Waals surface area contributed by atoms with Crippen LogP contribution in [0.5, 0.6) is 0 Å². The number of hydrogen-bond donors (Lipinski definition) is 1. The van der Waals surface area contributed by atoms with Gasteiger partial charge < -0.3 is 14.6 Å². The van der Waals surface area contributed by atoms with E-state index in [0.29, 0.717) is 21.1 Å². The summed E-state index contributed by atoms with van der Waals surface area (Å²) in [4.78, 5) is 23.6. The topological polar surface area (TPSA) is 81.4 Å². The number of aromatic nitrogens is 1. The molecule has 0 saturated heterocycles. The van der Waals surface area contributed by atoms with Gasteiger partial charge in [-0.05, 0) is 30.3 Å². The van der Waals surface area contributed by atoms with Crippen LogP contribution >= 0.6 is 15.9 Å². The Kier molecular flexibility index (Phi) is 5.08. The number of nitrogens with zero attached hydrogens (tertiary/aromatic N) is 1. The molecule has 0 aliphatic carbocycles. The number of anilines is 1. The van der Waals surface area contributed by atoms with Gasteiger partial charge in [-0.15, -0.1) is 0 Å². The summed E-state index contributed by atoms with van der Waals surface area (Å²) in [5.41, 5.74) is 1.00. The molecule has 1 heterocycles. The van der Waals surface area contributed by atoms with Crippen LogP contribution in [-0.4, -0.2) is 23.6 Å². The third-order valence-corrected chi connectivity index (χ3v) is 3.83. The molecule has 0 saturated carbocycles. The van der Waals surface area contributed by atoms with Gasteiger partial charge in [-0.2, -0.15) is 0 Å². The fourth-order valence-electron chi connectivity index (χ4n) is 2.18. The van der Waals surface area contributed by atoms with Gasteiger partial charge in [-0.1, -0.05) is 33.2 Å². The van der Waals surface area contributed by atoms with Crippen LogP contribution in [0, 0.1) is 5.82 Å². The average molecular weight is 407 g/mol. The van der Waals surface area contributed by atoms with E-state index in [-0.39, 0.29) is 12.1 Å². The number of hydrogen-bond acceptors (Lipinski definition) is 5. The van der Waals surface area contributed by atoms with E-state index in [2.05, 4.69) is 26.4 Å². The molecule has 0 aliphatic rings. The number of rotatable bonds is 5. The summed E-state index contributed by atoms with van der Waals surface area (Å²) in [5, 5.41) is 6.86. The molecule has 3 aromatic rings. The number of benzene rings is 2. The van der Waals surface area contributed by atoms with Gasteiger partial charge in [-0.25, -0.2) is 4.39 Å². The first kappa shape index (κ1) is 17.1. The minimum atomic E-state index is -0.639.